The molecule has 0 fully saturated rings. The van der Waals surface area contributed by atoms with E-state index in [9.17, 15) is 0 Å². The Balaban J connectivity index is 1.20. The number of hydrogen-bond acceptors (Lipinski definition) is 3. The van der Waals surface area contributed by atoms with Crippen molar-refractivity contribution in [3.05, 3.63) is 176 Å². The summed E-state index contributed by atoms with van der Waals surface area (Å²) in [6.07, 6.45) is 0. The second kappa shape index (κ2) is 11.7. The molecular weight excluding hydrogens is 583 g/mol. The van der Waals surface area contributed by atoms with E-state index >= 15 is 0 Å². The molecule has 9 rings (SSSR count). The van der Waals surface area contributed by atoms with E-state index in [1.54, 1.807) is 0 Å². The molecule has 0 aliphatic carbocycles. The van der Waals surface area contributed by atoms with Gasteiger partial charge in [-0.15, -0.1) is 0 Å². The highest BCUT2D eigenvalue weighted by molar-refractivity contribution is 6.21. The maximum absolute atomic E-state index is 5.06. The third kappa shape index (κ3) is 4.99. The SMILES string of the molecule is c1ccc(-c2cccc(-c3nc(-c4ccccc4)nc(-c4ccc(-c5c6ccccc6cc6ccc7ccccc7c56)cc4)n3)c2)cc1. The topological polar surface area (TPSA) is 38.7 Å². The molecule has 0 amide bonds. The molecule has 8 aromatic carbocycles. The Hall–Kier alpha value is -6.45. The van der Waals surface area contributed by atoms with Gasteiger partial charge in [0.2, 0.25) is 0 Å². The number of hydrogen-bond donors (Lipinski definition) is 0. The molecule has 3 heteroatoms. The summed E-state index contributed by atoms with van der Waals surface area (Å²) >= 11 is 0. The fourth-order valence-electron chi connectivity index (χ4n) is 6.75. The summed E-state index contributed by atoms with van der Waals surface area (Å²) < 4.78 is 0. The van der Waals surface area contributed by atoms with Gasteiger partial charge >= 0.3 is 0 Å². The summed E-state index contributed by atoms with van der Waals surface area (Å²) in [5.41, 5.74) is 7.51. The highest BCUT2D eigenvalue weighted by Crippen LogP contribution is 2.40. The summed E-state index contributed by atoms with van der Waals surface area (Å²) in [6.45, 7) is 0. The highest BCUT2D eigenvalue weighted by atomic mass is 15.0. The van der Waals surface area contributed by atoms with Crippen molar-refractivity contribution in [2.45, 2.75) is 0 Å². The average Bonchev–Trinajstić information content (AvgIpc) is 3.17. The Kier molecular flexibility index (Phi) is 6.80. The van der Waals surface area contributed by atoms with Gasteiger partial charge in [-0.2, -0.15) is 0 Å². The zero-order chi connectivity index (χ0) is 31.9. The van der Waals surface area contributed by atoms with Crippen LogP contribution in [0.1, 0.15) is 0 Å². The van der Waals surface area contributed by atoms with Crippen molar-refractivity contribution in [1.82, 2.24) is 15.0 Å². The second-order valence-corrected chi connectivity index (χ2v) is 12.1. The Bertz CT molecular complexity index is 2590. The molecule has 3 nitrogen and oxygen atoms in total. The van der Waals surface area contributed by atoms with Gasteiger partial charge in [-0.25, -0.2) is 15.0 Å². The number of aromatic nitrogens is 3. The maximum atomic E-state index is 5.06. The first-order valence-corrected chi connectivity index (χ1v) is 16.2. The fraction of sp³-hybridized carbons (Fsp3) is 0. The molecule has 1 heterocycles. The molecule has 0 N–H and O–H groups in total. The van der Waals surface area contributed by atoms with Crippen LogP contribution in [0, 0.1) is 0 Å². The van der Waals surface area contributed by atoms with E-state index in [4.69, 9.17) is 15.0 Å². The van der Waals surface area contributed by atoms with Crippen LogP contribution >= 0.6 is 0 Å². The zero-order valence-corrected chi connectivity index (χ0v) is 26.1. The quantitative estimate of drug-likeness (QED) is 0.144. The average molecular weight is 612 g/mol. The van der Waals surface area contributed by atoms with Crippen molar-refractivity contribution in [3.8, 4) is 56.4 Å². The first kappa shape index (κ1) is 27.8. The minimum absolute atomic E-state index is 0.642. The summed E-state index contributed by atoms with van der Waals surface area (Å²) in [7, 11) is 0. The van der Waals surface area contributed by atoms with Crippen LogP contribution in [-0.2, 0) is 0 Å². The predicted octanol–water partition coefficient (Wildman–Crippen LogP) is 11.7. The van der Waals surface area contributed by atoms with Crippen LogP contribution in [0.3, 0.4) is 0 Å². The molecule has 0 bridgehead atoms. The van der Waals surface area contributed by atoms with E-state index in [1.165, 1.54) is 37.9 Å². The standard InChI is InChI=1S/C45H29N3/c1-3-12-30(13-4-1)35-18-11-19-38(28-35)45-47-43(33-15-5-2-6-16-33)46-44(48-45)34-25-23-32(24-26-34)41-40-21-10-8-17-36(40)29-37-27-22-31-14-7-9-20-39(31)42(37)41/h1-29H. The summed E-state index contributed by atoms with van der Waals surface area (Å²) in [5.74, 6) is 1.94. The number of fused-ring (bicyclic) bond motifs is 4. The first-order chi connectivity index (χ1) is 23.8. The Morgan fingerprint density at radius 3 is 1.50 bits per heavy atom. The minimum atomic E-state index is 0.642. The number of rotatable bonds is 5. The zero-order valence-electron chi connectivity index (χ0n) is 26.1. The van der Waals surface area contributed by atoms with Crippen molar-refractivity contribution < 1.29 is 0 Å². The van der Waals surface area contributed by atoms with Crippen molar-refractivity contribution in [1.29, 1.82) is 0 Å². The van der Waals surface area contributed by atoms with Gasteiger partial charge in [-0.05, 0) is 66.7 Å². The van der Waals surface area contributed by atoms with Crippen LogP contribution in [0.2, 0.25) is 0 Å². The molecule has 0 aliphatic rings. The molecule has 0 saturated heterocycles. The van der Waals surface area contributed by atoms with E-state index in [2.05, 4.69) is 140 Å². The van der Waals surface area contributed by atoms with Gasteiger partial charge in [0.05, 0.1) is 0 Å². The Morgan fingerprint density at radius 2 is 0.771 bits per heavy atom. The summed E-state index contributed by atoms with van der Waals surface area (Å²) in [4.78, 5) is 15.0. The van der Waals surface area contributed by atoms with E-state index in [-0.39, 0.29) is 0 Å². The highest BCUT2D eigenvalue weighted by Gasteiger charge is 2.16. The third-order valence-electron chi connectivity index (χ3n) is 9.08. The normalized spacial score (nSPS) is 11.3. The van der Waals surface area contributed by atoms with Gasteiger partial charge in [0.25, 0.3) is 0 Å². The molecule has 0 spiro atoms. The minimum Gasteiger partial charge on any atom is -0.208 e. The van der Waals surface area contributed by atoms with E-state index in [0.29, 0.717) is 17.5 Å². The molecule has 1 aromatic heterocycles. The molecule has 0 saturated carbocycles. The van der Waals surface area contributed by atoms with Crippen LogP contribution in [0.5, 0.6) is 0 Å². The van der Waals surface area contributed by atoms with Gasteiger partial charge in [0.15, 0.2) is 17.5 Å². The Morgan fingerprint density at radius 1 is 0.271 bits per heavy atom. The molecule has 48 heavy (non-hydrogen) atoms. The van der Waals surface area contributed by atoms with Crippen LogP contribution < -0.4 is 0 Å². The largest absolute Gasteiger partial charge is 0.208 e. The van der Waals surface area contributed by atoms with Crippen molar-refractivity contribution >= 4 is 32.3 Å². The lowest BCUT2D eigenvalue weighted by molar-refractivity contribution is 1.07. The van der Waals surface area contributed by atoms with Gasteiger partial charge < -0.3 is 0 Å². The lowest BCUT2D eigenvalue weighted by Crippen LogP contribution is -2.00. The molecule has 0 unspecified atom stereocenters. The molecule has 9 aromatic rings. The molecule has 0 atom stereocenters. The lowest BCUT2D eigenvalue weighted by Gasteiger charge is -2.15. The van der Waals surface area contributed by atoms with E-state index in [0.717, 1.165) is 33.4 Å². The van der Waals surface area contributed by atoms with Crippen molar-refractivity contribution in [2.24, 2.45) is 0 Å². The van der Waals surface area contributed by atoms with Crippen LogP contribution in [-0.4, -0.2) is 15.0 Å². The third-order valence-corrected chi connectivity index (χ3v) is 9.08. The lowest BCUT2D eigenvalue weighted by atomic mass is 9.89. The molecule has 0 radical (unpaired) electrons. The number of benzene rings is 8. The van der Waals surface area contributed by atoms with Gasteiger partial charge in [0.1, 0.15) is 0 Å². The first-order valence-electron chi connectivity index (χ1n) is 16.2. The molecule has 224 valence electrons. The predicted molar refractivity (Wildman–Crippen MR) is 200 cm³/mol. The second-order valence-electron chi connectivity index (χ2n) is 12.1. The summed E-state index contributed by atoms with van der Waals surface area (Å²) in [5, 5.41) is 7.46. The monoisotopic (exact) mass is 611 g/mol. The molecular formula is C45H29N3. The van der Waals surface area contributed by atoms with Gasteiger partial charge in [-0.1, -0.05) is 164 Å². The van der Waals surface area contributed by atoms with Gasteiger partial charge in [0, 0.05) is 16.7 Å². The smallest absolute Gasteiger partial charge is 0.164 e. The van der Waals surface area contributed by atoms with Crippen LogP contribution in [0.25, 0.3) is 88.7 Å². The van der Waals surface area contributed by atoms with Gasteiger partial charge in [-0.3, -0.25) is 0 Å². The maximum Gasteiger partial charge on any atom is 0.164 e. The van der Waals surface area contributed by atoms with Crippen molar-refractivity contribution in [3.63, 3.8) is 0 Å². The molecule has 0 aliphatic heterocycles. The van der Waals surface area contributed by atoms with Crippen LogP contribution in [0.15, 0.2) is 176 Å². The van der Waals surface area contributed by atoms with Crippen molar-refractivity contribution in [2.75, 3.05) is 0 Å². The number of nitrogens with zero attached hydrogens (tertiary/aromatic N) is 3. The van der Waals surface area contributed by atoms with E-state index in [1.807, 2.05) is 36.4 Å². The van der Waals surface area contributed by atoms with Crippen LogP contribution in [0.4, 0.5) is 0 Å². The summed E-state index contributed by atoms with van der Waals surface area (Å²) in [6, 6.07) is 61.7. The Labute approximate surface area is 278 Å². The fourth-order valence-corrected chi connectivity index (χ4v) is 6.75. The van der Waals surface area contributed by atoms with E-state index < -0.39 is 0 Å².